The molecule has 2 atom stereocenters. The van der Waals surface area contributed by atoms with Crippen LogP contribution in [0.4, 0.5) is 0 Å². The van der Waals surface area contributed by atoms with Crippen molar-refractivity contribution in [2.75, 3.05) is 12.4 Å². The molecule has 2 nitrogen and oxygen atoms in total. The molecule has 0 bridgehead atoms. The fourth-order valence-electron chi connectivity index (χ4n) is 1.83. The van der Waals surface area contributed by atoms with Crippen LogP contribution in [0.5, 0.6) is 0 Å². The van der Waals surface area contributed by atoms with Crippen LogP contribution in [0, 0.1) is 3.57 Å². The fourth-order valence-corrected chi connectivity index (χ4v) is 3.34. The largest absolute Gasteiger partial charge is 0.377 e. The van der Waals surface area contributed by atoms with Gasteiger partial charge in [0.05, 0.1) is 11.9 Å². The van der Waals surface area contributed by atoms with Crippen LogP contribution in [0.3, 0.4) is 0 Å². The summed E-state index contributed by atoms with van der Waals surface area (Å²) < 4.78 is 6.64. The molecule has 1 fully saturated rings. The summed E-state index contributed by atoms with van der Waals surface area (Å²) in [5, 5.41) is 0.475. The number of hydrogen-bond acceptors (Lipinski definition) is 3. The molecule has 1 aliphatic heterocycles. The van der Waals surface area contributed by atoms with Crippen molar-refractivity contribution in [3.05, 3.63) is 33.4 Å². The lowest BCUT2D eigenvalue weighted by Crippen LogP contribution is -2.16. The van der Waals surface area contributed by atoms with Crippen molar-refractivity contribution in [3.63, 3.8) is 0 Å². The molecule has 4 heteroatoms. The lowest BCUT2D eigenvalue weighted by atomic mass is 10.2. The smallest absolute Gasteiger partial charge is 0.172 e. The number of ether oxygens (including phenoxy) is 1. The van der Waals surface area contributed by atoms with Gasteiger partial charge in [0.15, 0.2) is 5.78 Å². The second kappa shape index (κ2) is 6.20. The number of carbonyl (C=O) groups is 1. The van der Waals surface area contributed by atoms with Crippen molar-refractivity contribution in [2.45, 2.75) is 24.7 Å². The van der Waals surface area contributed by atoms with E-state index >= 15 is 0 Å². The van der Waals surface area contributed by atoms with E-state index in [0.29, 0.717) is 11.0 Å². The molecule has 1 saturated heterocycles. The minimum Gasteiger partial charge on any atom is -0.377 e. The molecule has 1 aromatic rings. The Kier molecular flexibility index (Phi) is 4.87. The topological polar surface area (TPSA) is 26.3 Å². The molecule has 0 spiro atoms. The van der Waals surface area contributed by atoms with E-state index in [1.165, 1.54) is 0 Å². The molecule has 0 N–H and O–H groups in total. The second-order valence-corrected chi connectivity index (χ2v) is 6.62. The molecule has 2 rings (SSSR count). The summed E-state index contributed by atoms with van der Waals surface area (Å²) in [6.45, 7) is 2.91. The molecule has 1 aromatic carbocycles. The van der Waals surface area contributed by atoms with Gasteiger partial charge in [-0.25, -0.2) is 0 Å². The summed E-state index contributed by atoms with van der Waals surface area (Å²) in [5.74, 6) is 0.768. The van der Waals surface area contributed by atoms with Crippen molar-refractivity contribution >= 4 is 40.1 Å². The highest BCUT2D eigenvalue weighted by molar-refractivity contribution is 14.1. The summed E-state index contributed by atoms with van der Waals surface area (Å²) in [5.41, 5.74) is 0.810. The van der Waals surface area contributed by atoms with Gasteiger partial charge in [-0.15, -0.1) is 11.8 Å². The first kappa shape index (κ1) is 13.4. The molecule has 0 saturated carbocycles. The number of thioether (sulfide) groups is 1. The van der Waals surface area contributed by atoms with E-state index in [2.05, 4.69) is 29.5 Å². The maximum absolute atomic E-state index is 12.0. The fraction of sp³-hybridized carbons (Fsp3) is 0.462. The Morgan fingerprint density at radius 2 is 2.18 bits per heavy atom. The minimum absolute atomic E-state index is 0.213. The van der Waals surface area contributed by atoms with Crippen LogP contribution in [0.15, 0.2) is 24.3 Å². The maximum Gasteiger partial charge on any atom is 0.172 e. The van der Waals surface area contributed by atoms with E-state index in [1.807, 2.05) is 24.3 Å². The number of carbonyl (C=O) groups excluding carboxylic acids is 1. The van der Waals surface area contributed by atoms with Gasteiger partial charge in [0, 0.05) is 21.0 Å². The monoisotopic (exact) mass is 362 g/mol. The number of benzene rings is 1. The van der Waals surface area contributed by atoms with Crippen molar-refractivity contribution in [2.24, 2.45) is 0 Å². The predicted octanol–water partition coefficient (Wildman–Crippen LogP) is 3.38. The van der Waals surface area contributed by atoms with Crippen LogP contribution >= 0.6 is 34.4 Å². The van der Waals surface area contributed by atoms with E-state index in [9.17, 15) is 4.79 Å². The summed E-state index contributed by atoms with van der Waals surface area (Å²) >= 11 is 3.96. The van der Waals surface area contributed by atoms with Crippen LogP contribution in [-0.2, 0) is 4.74 Å². The Hall–Kier alpha value is -0.0700. The third-order valence-corrected chi connectivity index (χ3v) is 5.10. The van der Waals surface area contributed by atoms with Gasteiger partial charge < -0.3 is 4.74 Å². The zero-order chi connectivity index (χ0) is 12.3. The zero-order valence-corrected chi connectivity index (χ0v) is 12.7. The van der Waals surface area contributed by atoms with Crippen LogP contribution in [0.2, 0.25) is 0 Å². The number of hydrogen-bond donors (Lipinski definition) is 0. The molecular formula is C13H15IO2S. The quantitative estimate of drug-likeness (QED) is 0.607. The highest BCUT2D eigenvalue weighted by Crippen LogP contribution is 2.26. The normalized spacial score (nSPS) is 23.9. The molecule has 1 heterocycles. The third kappa shape index (κ3) is 3.69. The average molecular weight is 362 g/mol. The molecule has 0 radical (unpaired) electrons. The Morgan fingerprint density at radius 1 is 1.47 bits per heavy atom. The van der Waals surface area contributed by atoms with E-state index in [-0.39, 0.29) is 11.9 Å². The first-order valence-electron chi connectivity index (χ1n) is 5.69. The first-order valence-corrected chi connectivity index (χ1v) is 7.81. The molecule has 0 aromatic heterocycles. The van der Waals surface area contributed by atoms with Gasteiger partial charge in [-0.2, -0.15) is 0 Å². The highest BCUT2D eigenvalue weighted by Gasteiger charge is 2.25. The number of halogens is 1. The Morgan fingerprint density at radius 3 is 2.76 bits per heavy atom. The summed E-state index contributed by atoms with van der Waals surface area (Å²) in [7, 11) is 0. The lowest BCUT2D eigenvalue weighted by Gasteiger charge is -2.12. The van der Waals surface area contributed by atoms with Crippen molar-refractivity contribution in [1.82, 2.24) is 0 Å². The SMILES string of the molecule is CC1OCCC1SCC(=O)c1ccc(I)cc1. The third-order valence-electron chi connectivity index (χ3n) is 2.90. The van der Waals surface area contributed by atoms with Gasteiger partial charge >= 0.3 is 0 Å². The Bertz CT molecular complexity index is 391. The van der Waals surface area contributed by atoms with Crippen LogP contribution in [0.25, 0.3) is 0 Å². The standard InChI is InChI=1S/C13H15IO2S/c1-9-13(6-7-16-9)17-8-12(15)10-2-4-11(14)5-3-10/h2-5,9,13H,6-8H2,1H3. The van der Waals surface area contributed by atoms with Crippen LogP contribution in [-0.4, -0.2) is 29.5 Å². The first-order chi connectivity index (χ1) is 8.16. The highest BCUT2D eigenvalue weighted by atomic mass is 127. The summed E-state index contributed by atoms with van der Waals surface area (Å²) in [6.07, 6.45) is 1.34. The predicted molar refractivity (Wildman–Crippen MR) is 79.8 cm³/mol. The molecule has 17 heavy (non-hydrogen) atoms. The van der Waals surface area contributed by atoms with Gasteiger partial charge in [-0.3, -0.25) is 4.79 Å². The van der Waals surface area contributed by atoms with E-state index in [0.717, 1.165) is 22.2 Å². The van der Waals surface area contributed by atoms with Gasteiger partial charge in [-0.1, -0.05) is 12.1 Å². The molecule has 92 valence electrons. The van der Waals surface area contributed by atoms with Gasteiger partial charge in [-0.05, 0) is 48.1 Å². The lowest BCUT2D eigenvalue weighted by molar-refractivity contribution is 0.102. The summed E-state index contributed by atoms with van der Waals surface area (Å²) in [4.78, 5) is 12.0. The van der Waals surface area contributed by atoms with Crippen molar-refractivity contribution in [3.8, 4) is 0 Å². The van der Waals surface area contributed by atoms with Gasteiger partial charge in [0.2, 0.25) is 0 Å². The molecule has 0 aliphatic carbocycles. The van der Waals surface area contributed by atoms with E-state index in [4.69, 9.17) is 4.74 Å². The molecule has 2 unspecified atom stereocenters. The van der Waals surface area contributed by atoms with Crippen molar-refractivity contribution in [1.29, 1.82) is 0 Å². The van der Waals surface area contributed by atoms with Crippen LogP contribution < -0.4 is 0 Å². The molecule has 1 aliphatic rings. The molecule has 0 amide bonds. The number of rotatable bonds is 4. The Labute approximate surface area is 120 Å². The van der Waals surface area contributed by atoms with Crippen LogP contribution in [0.1, 0.15) is 23.7 Å². The van der Waals surface area contributed by atoms with E-state index in [1.54, 1.807) is 11.8 Å². The summed E-state index contributed by atoms with van der Waals surface area (Å²) in [6, 6.07) is 7.75. The average Bonchev–Trinajstić information content (AvgIpc) is 2.73. The van der Waals surface area contributed by atoms with E-state index < -0.39 is 0 Å². The minimum atomic E-state index is 0.213. The molecular weight excluding hydrogens is 347 g/mol. The maximum atomic E-state index is 12.0. The van der Waals surface area contributed by atoms with Crippen molar-refractivity contribution < 1.29 is 9.53 Å². The van der Waals surface area contributed by atoms with Gasteiger partial charge in [0.1, 0.15) is 0 Å². The zero-order valence-electron chi connectivity index (χ0n) is 9.69. The number of ketones is 1. The number of Topliss-reactive ketones (excluding diaryl/α,β-unsaturated/α-hetero) is 1. The Balaban J connectivity index is 1.87. The second-order valence-electron chi connectivity index (χ2n) is 4.14. The van der Waals surface area contributed by atoms with Gasteiger partial charge in [0.25, 0.3) is 0 Å².